The summed E-state index contributed by atoms with van der Waals surface area (Å²) >= 11 is 0. The van der Waals surface area contributed by atoms with E-state index in [1.54, 1.807) is 43.3 Å². The molecule has 0 bridgehead atoms. The van der Waals surface area contributed by atoms with Crippen molar-refractivity contribution in [3.05, 3.63) is 65.7 Å². The maximum atomic E-state index is 13.8. The molecule has 13 heteroatoms. The van der Waals surface area contributed by atoms with E-state index in [4.69, 9.17) is 18.9 Å². The first-order chi connectivity index (χ1) is 19.3. The van der Waals surface area contributed by atoms with Crippen LogP contribution in [0.4, 0.5) is 11.4 Å². The Labute approximate surface area is 239 Å². The van der Waals surface area contributed by atoms with Crippen molar-refractivity contribution >= 4 is 27.3 Å². The number of rotatable bonds is 13. The van der Waals surface area contributed by atoms with Crippen molar-refractivity contribution in [1.29, 1.82) is 0 Å². The molecule has 12 nitrogen and oxygen atoms in total. The van der Waals surface area contributed by atoms with E-state index in [-0.39, 0.29) is 18.0 Å². The number of phenolic OH excluding ortho intramolecular Hbond substituents is 1. The summed E-state index contributed by atoms with van der Waals surface area (Å²) in [5, 5.41) is 27.0. The third-order valence-corrected chi connectivity index (χ3v) is 6.98. The van der Waals surface area contributed by atoms with Crippen molar-refractivity contribution in [2.75, 3.05) is 51.3 Å². The molecule has 3 aromatic carbocycles. The number of ether oxygens (including phenoxy) is 4. The molecule has 0 spiro atoms. The highest BCUT2D eigenvalue weighted by Gasteiger charge is 2.36. The van der Waals surface area contributed by atoms with E-state index in [9.17, 15) is 23.4 Å². The van der Waals surface area contributed by atoms with Crippen LogP contribution < -0.4 is 34.3 Å². The van der Waals surface area contributed by atoms with Crippen LogP contribution in [-0.4, -0.2) is 65.8 Å². The fourth-order valence-corrected chi connectivity index (χ4v) is 4.67. The SMILES string of the molecule is COc1ccc([C@](C)(NC[C@H](O)c2ccc(O)c(NS(C)(=O)=O)c2)C(=O)Nc2cc(OC)c(OC)c(OC)c2)cc1. The van der Waals surface area contributed by atoms with Gasteiger partial charge in [0.1, 0.15) is 17.0 Å². The van der Waals surface area contributed by atoms with Crippen molar-refractivity contribution in [2.45, 2.75) is 18.6 Å². The Morgan fingerprint density at radius 3 is 2.05 bits per heavy atom. The van der Waals surface area contributed by atoms with Gasteiger partial charge in [-0.1, -0.05) is 18.2 Å². The number of carbonyl (C=O) groups excluding carboxylic acids is 1. The van der Waals surface area contributed by atoms with Crippen LogP contribution in [0.2, 0.25) is 0 Å². The minimum Gasteiger partial charge on any atom is -0.506 e. The van der Waals surface area contributed by atoms with Crippen LogP contribution in [0.25, 0.3) is 0 Å². The monoisotopic (exact) mass is 589 g/mol. The molecule has 0 saturated carbocycles. The first kappa shape index (κ1) is 31.3. The number of aliphatic hydroxyl groups is 1. The second-order valence-corrected chi connectivity index (χ2v) is 11.0. The predicted octanol–water partition coefficient (Wildman–Crippen LogP) is 2.98. The summed E-state index contributed by atoms with van der Waals surface area (Å²) in [7, 11) is 2.27. The number of methoxy groups -OCH3 is 4. The second-order valence-electron chi connectivity index (χ2n) is 9.27. The second kappa shape index (κ2) is 13.0. The van der Waals surface area contributed by atoms with Gasteiger partial charge in [0.05, 0.1) is 46.5 Å². The lowest BCUT2D eigenvalue weighted by molar-refractivity contribution is -0.122. The minimum absolute atomic E-state index is 0.0814. The number of benzene rings is 3. The Balaban J connectivity index is 1.94. The predicted molar refractivity (Wildman–Crippen MR) is 155 cm³/mol. The number of carbonyl (C=O) groups is 1. The highest BCUT2D eigenvalue weighted by atomic mass is 32.2. The van der Waals surface area contributed by atoms with Gasteiger partial charge in [0.25, 0.3) is 0 Å². The van der Waals surface area contributed by atoms with Gasteiger partial charge in [0.2, 0.25) is 21.7 Å². The fraction of sp³-hybridized carbons (Fsp3) is 0.321. The molecule has 0 unspecified atom stereocenters. The highest BCUT2D eigenvalue weighted by Crippen LogP contribution is 2.40. The standard InChI is InChI=1S/C28H35N3O9S/c1-28(18-8-10-20(37-2)11-9-18,27(34)30-19-14-24(38-3)26(40-5)25(15-19)39-4)29-16-23(33)17-7-12-22(32)21(13-17)31-41(6,35)36/h7-15,23,29,31-33H,16H2,1-6H3,(H,30,34)/t23-,28-/m0/s1. The molecule has 0 aliphatic heterocycles. The number of phenols is 1. The van der Waals surface area contributed by atoms with Crippen LogP contribution in [0.1, 0.15) is 24.2 Å². The van der Waals surface area contributed by atoms with E-state index in [0.717, 1.165) is 6.26 Å². The van der Waals surface area contributed by atoms with E-state index in [0.29, 0.717) is 39.8 Å². The summed E-state index contributed by atoms with van der Waals surface area (Å²) < 4.78 is 46.9. The van der Waals surface area contributed by atoms with E-state index in [2.05, 4.69) is 15.4 Å². The van der Waals surface area contributed by atoms with Crippen LogP contribution in [0, 0.1) is 0 Å². The minimum atomic E-state index is -3.67. The quantitative estimate of drug-likeness (QED) is 0.187. The van der Waals surface area contributed by atoms with E-state index >= 15 is 0 Å². The van der Waals surface area contributed by atoms with Crippen molar-refractivity contribution in [2.24, 2.45) is 0 Å². The van der Waals surface area contributed by atoms with Gasteiger partial charge < -0.3 is 34.5 Å². The third-order valence-electron chi connectivity index (χ3n) is 6.39. The molecule has 222 valence electrons. The average molecular weight is 590 g/mol. The number of nitrogens with one attached hydrogen (secondary N) is 3. The molecule has 3 aromatic rings. The zero-order valence-corrected chi connectivity index (χ0v) is 24.5. The first-order valence-electron chi connectivity index (χ1n) is 12.3. The molecule has 1 amide bonds. The van der Waals surface area contributed by atoms with Gasteiger partial charge in [-0.25, -0.2) is 8.42 Å². The van der Waals surface area contributed by atoms with Crippen LogP contribution >= 0.6 is 0 Å². The van der Waals surface area contributed by atoms with Gasteiger partial charge in [-0.15, -0.1) is 0 Å². The van der Waals surface area contributed by atoms with Crippen LogP contribution in [0.15, 0.2) is 54.6 Å². The molecule has 0 fully saturated rings. The zero-order chi connectivity index (χ0) is 30.4. The van der Waals surface area contributed by atoms with Crippen molar-refractivity contribution in [1.82, 2.24) is 5.32 Å². The van der Waals surface area contributed by atoms with Gasteiger partial charge in [-0.2, -0.15) is 0 Å². The van der Waals surface area contributed by atoms with Crippen molar-refractivity contribution in [3.8, 4) is 28.7 Å². The van der Waals surface area contributed by atoms with Crippen molar-refractivity contribution < 1.29 is 42.4 Å². The lowest BCUT2D eigenvalue weighted by Gasteiger charge is -2.32. The van der Waals surface area contributed by atoms with Crippen LogP contribution in [-0.2, 0) is 20.4 Å². The molecule has 41 heavy (non-hydrogen) atoms. The maximum absolute atomic E-state index is 13.8. The van der Waals surface area contributed by atoms with Gasteiger partial charge in [0.15, 0.2) is 11.5 Å². The molecular formula is C28H35N3O9S. The smallest absolute Gasteiger partial charge is 0.249 e. The molecule has 5 N–H and O–H groups in total. The number of anilines is 2. The molecule has 0 aromatic heterocycles. The summed E-state index contributed by atoms with van der Waals surface area (Å²) in [6, 6.07) is 14.1. The van der Waals surface area contributed by atoms with E-state index in [1.165, 1.54) is 46.6 Å². The number of aliphatic hydroxyl groups excluding tert-OH is 1. The molecule has 2 atom stereocenters. The summed E-state index contributed by atoms with van der Waals surface area (Å²) in [5.74, 6) is 0.897. The number of amides is 1. The van der Waals surface area contributed by atoms with Crippen molar-refractivity contribution in [3.63, 3.8) is 0 Å². The third kappa shape index (κ3) is 7.51. The number of hydrogen-bond acceptors (Lipinski definition) is 10. The molecule has 0 aliphatic carbocycles. The largest absolute Gasteiger partial charge is 0.506 e. The zero-order valence-electron chi connectivity index (χ0n) is 23.6. The highest BCUT2D eigenvalue weighted by molar-refractivity contribution is 7.92. The van der Waals surface area contributed by atoms with E-state index < -0.39 is 27.6 Å². The van der Waals surface area contributed by atoms with Gasteiger partial charge in [0, 0.05) is 24.4 Å². The molecule has 0 radical (unpaired) electrons. The average Bonchev–Trinajstić information content (AvgIpc) is 2.95. The Morgan fingerprint density at radius 1 is 0.927 bits per heavy atom. The first-order valence-corrected chi connectivity index (χ1v) is 14.2. The molecular weight excluding hydrogens is 554 g/mol. The van der Waals surface area contributed by atoms with Crippen LogP contribution in [0.5, 0.6) is 28.7 Å². The Bertz CT molecular complexity index is 1450. The van der Waals surface area contributed by atoms with Gasteiger partial charge >= 0.3 is 0 Å². The lowest BCUT2D eigenvalue weighted by atomic mass is 9.90. The lowest BCUT2D eigenvalue weighted by Crippen LogP contribution is -2.50. The normalized spacial score (nSPS) is 13.4. The molecule has 0 aliphatic rings. The number of hydrogen-bond donors (Lipinski definition) is 5. The summed E-state index contributed by atoms with van der Waals surface area (Å²) in [4.78, 5) is 13.8. The van der Waals surface area contributed by atoms with Crippen LogP contribution in [0.3, 0.4) is 0 Å². The Hall–Kier alpha value is -4.20. The number of aromatic hydroxyl groups is 1. The maximum Gasteiger partial charge on any atom is 0.249 e. The summed E-state index contributed by atoms with van der Waals surface area (Å²) in [6.07, 6.45) is -0.230. The molecule has 0 saturated heterocycles. The Morgan fingerprint density at radius 2 is 1.54 bits per heavy atom. The number of sulfonamides is 1. The fourth-order valence-electron chi connectivity index (χ4n) is 4.11. The van der Waals surface area contributed by atoms with Gasteiger partial charge in [-0.05, 0) is 42.3 Å². The molecule has 3 rings (SSSR count). The Kier molecular flexibility index (Phi) is 9.92. The summed E-state index contributed by atoms with van der Waals surface area (Å²) in [5.41, 5.74) is -0.203. The topological polar surface area (TPSA) is 165 Å². The molecule has 0 heterocycles. The summed E-state index contributed by atoms with van der Waals surface area (Å²) in [6.45, 7) is 1.54. The van der Waals surface area contributed by atoms with E-state index in [1.807, 2.05) is 0 Å². The van der Waals surface area contributed by atoms with Gasteiger partial charge in [-0.3, -0.25) is 14.8 Å².